The summed E-state index contributed by atoms with van der Waals surface area (Å²) in [5, 5.41) is 21.0. The van der Waals surface area contributed by atoms with Crippen molar-refractivity contribution in [2.24, 2.45) is 0 Å². The Hall–Kier alpha value is -5.50. The van der Waals surface area contributed by atoms with Crippen molar-refractivity contribution in [3.63, 3.8) is 0 Å². The number of Topliss-reactive ketones (excluding diaryl/α,β-unsaturated/α-hetero) is 4. The Balaban J connectivity index is 1.28. The summed E-state index contributed by atoms with van der Waals surface area (Å²) in [5.41, 5.74) is 7.13. The van der Waals surface area contributed by atoms with E-state index in [1.54, 1.807) is 19.9 Å². The average molecular weight is 709 g/mol. The van der Waals surface area contributed by atoms with Gasteiger partial charge < -0.3 is 19.0 Å². The van der Waals surface area contributed by atoms with Crippen LogP contribution in [0.4, 0.5) is 0 Å². The van der Waals surface area contributed by atoms with Crippen LogP contribution in [0.2, 0.25) is 0 Å². The average Bonchev–Trinajstić information content (AvgIpc) is 3.63. The third-order valence-electron chi connectivity index (χ3n) is 12.6. The predicted octanol–water partition coefficient (Wildman–Crippen LogP) is 9.40. The molecule has 0 amide bonds. The third kappa shape index (κ3) is 4.47. The Labute approximate surface area is 306 Å². The number of hydrogen-bond acceptors (Lipinski definition) is 8. The summed E-state index contributed by atoms with van der Waals surface area (Å²) in [6, 6.07) is 12.2. The van der Waals surface area contributed by atoms with E-state index in [0.717, 1.165) is 47.9 Å². The van der Waals surface area contributed by atoms with Crippen molar-refractivity contribution in [3.05, 3.63) is 115 Å². The van der Waals surface area contributed by atoms with Crippen LogP contribution in [0.1, 0.15) is 151 Å². The topological polar surface area (TPSA) is 135 Å². The van der Waals surface area contributed by atoms with Gasteiger partial charge >= 0.3 is 0 Å². The smallest absolute Gasteiger partial charge is 0.237 e. The van der Waals surface area contributed by atoms with Crippen molar-refractivity contribution in [1.29, 1.82) is 0 Å². The molecule has 0 fully saturated rings. The van der Waals surface area contributed by atoms with E-state index in [1.165, 1.54) is 12.1 Å². The monoisotopic (exact) mass is 708 g/mol. The molecule has 8 nitrogen and oxygen atoms in total. The van der Waals surface area contributed by atoms with Crippen molar-refractivity contribution in [2.75, 3.05) is 0 Å². The SMILES string of the molecule is Cc1c(C(c2ccc(O)c(O)c2)c2oc3c(c2C)C(=O)C(=O)c2c-3ccc3c2CCCC3(C)C)oc2c1C(=O)C(=O)c1c-2ccc2c1CCCC2(C)C. The maximum Gasteiger partial charge on any atom is 0.237 e. The van der Waals surface area contributed by atoms with E-state index < -0.39 is 29.1 Å². The first-order valence-corrected chi connectivity index (χ1v) is 18.4. The molecule has 53 heavy (non-hydrogen) atoms. The van der Waals surface area contributed by atoms with Gasteiger partial charge in [-0.15, -0.1) is 0 Å². The lowest BCUT2D eigenvalue weighted by Gasteiger charge is -2.34. The summed E-state index contributed by atoms with van der Waals surface area (Å²) in [6.07, 6.45) is 5.11. The molecule has 0 bridgehead atoms. The molecule has 0 spiro atoms. The first-order chi connectivity index (χ1) is 25.1. The van der Waals surface area contributed by atoms with Crippen LogP contribution >= 0.6 is 0 Å². The summed E-state index contributed by atoms with van der Waals surface area (Å²) >= 11 is 0. The Kier molecular flexibility index (Phi) is 6.93. The summed E-state index contributed by atoms with van der Waals surface area (Å²) in [7, 11) is 0. The Bertz CT molecular complexity index is 2380. The normalized spacial score (nSPS) is 17.9. The summed E-state index contributed by atoms with van der Waals surface area (Å²) in [6.45, 7) is 12.1. The number of hydrogen-bond donors (Lipinski definition) is 2. The summed E-state index contributed by atoms with van der Waals surface area (Å²) < 4.78 is 13.5. The number of aromatic hydroxyl groups is 2. The fourth-order valence-electron chi connectivity index (χ4n) is 9.80. The van der Waals surface area contributed by atoms with E-state index in [4.69, 9.17) is 8.83 Å². The minimum Gasteiger partial charge on any atom is -0.504 e. The van der Waals surface area contributed by atoms with Gasteiger partial charge in [-0.25, -0.2) is 0 Å². The lowest BCUT2D eigenvalue weighted by molar-refractivity contribution is 0.0813. The minimum absolute atomic E-state index is 0.148. The van der Waals surface area contributed by atoms with Crippen LogP contribution in [0.3, 0.4) is 0 Å². The van der Waals surface area contributed by atoms with Gasteiger partial charge in [-0.2, -0.15) is 0 Å². The number of phenols is 2. The molecule has 2 N–H and O–H groups in total. The van der Waals surface area contributed by atoms with Gasteiger partial charge in [0.25, 0.3) is 0 Å². The highest BCUT2D eigenvalue weighted by Crippen LogP contribution is 2.52. The van der Waals surface area contributed by atoms with Crippen LogP contribution in [0.5, 0.6) is 11.5 Å². The van der Waals surface area contributed by atoms with E-state index in [-0.39, 0.29) is 56.5 Å². The van der Waals surface area contributed by atoms with Gasteiger partial charge in [0.1, 0.15) is 29.0 Å². The van der Waals surface area contributed by atoms with Gasteiger partial charge in [0.2, 0.25) is 23.1 Å². The van der Waals surface area contributed by atoms with E-state index in [9.17, 15) is 29.4 Å². The number of phenolic OH excluding ortho intramolecular Hbond substituents is 2. The number of benzene rings is 3. The number of carbonyl (C=O) groups excluding carboxylic acids is 4. The maximum atomic E-state index is 14.1. The zero-order valence-corrected chi connectivity index (χ0v) is 30.7. The first-order valence-electron chi connectivity index (χ1n) is 18.4. The molecule has 0 saturated carbocycles. The second kappa shape index (κ2) is 11.0. The van der Waals surface area contributed by atoms with E-state index in [2.05, 4.69) is 27.7 Å². The fraction of sp³-hybridized carbons (Fsp3) is 0.333. The molecule has 3 aromatic carbocycles. The first kappa shape index (κ1) is 33.3. The Morgan fingerprint density at radius 3 is 1.45 bits per heavy atom. The van der Waals surface area contributed by atoms with E-state index >= 15 is 0 Å². The molecule has 9 rings (SSSR count). The second-order valence-corrected chi connectivity index (χ2v) is 16.6. The van der Waals surface area contributed by atoms with Gasteiger partial charge in [-0.05, 0) is 103 Å². The van der Waals surface area contributed by atoms with Gasteiger partial charge in [0.15, 0.2) is 11.5 Å². The number of ketones is 4. The maximum absolute atomic E-state index is 14.1. The van der Waals surface area contributed by atoms with Crippen molar-refractivity contribution in [1.82, 2.24) is 0 Å². The van der Waals surface area contributed by atoms with Crippen molar-refractivity contribution < 1.29 is 38.2 Å². The van der Waals surface area contributed by atoms with Gasteiger partial charge in [0, 0.05) is 33.4 Å². The molecule has 2 aromatic heterocycles. The quantitative estimate of drug-likeness (QED) is 0.140. The van der Waals surface area contributed by atoms with Crippen LogP contribution in [0, 0.1) is 13.8 Å². The van der Waals surface area contributed by atoms with Gasteiger partial charge in [-0.1, -0.05) is 58.0 Å². The highest BCUT2D eigenvalue weighted by atomic mass is 16.4. The molecule has 268 valence electrons. The third-order valence-corrected chi connectivity index (χ3v) is 12.6. The lowest BCUT2D eigenvalue weighted by atomic mass is 9.69. The standard InChI is InChI=1S/C45H40O8/c1-20-31-36(48)38(50)34-23-9-7-17-44(3,4)27(23)14-12-25(34)42(31)52-40(20)33(22-11-16-29(46)30(47)19-22)41-21(2)32-37(49)39(51)35-24-10-8-18-45(5,6)28(24)15-13-26(35)43(32)53-41/h11-16,19,33,46-47H,7-10,17-18H2,1-6H3. The molecular formula is C45H40O8. The molecule has 2 heterocycles. The Morgan fingerprint density at radius 2 is 1.02 bits per heavy atom. The summed E-state index contributed by atoms with van der Waals surface area (Å²) in [4.78, 5) is 56.1. The second-order valence-electron chi connectivity index (χ2n) is 16.6. The van der Waals surface area contributed by atoms with Gasteiger partial charge in [-0.3, -0.25) is 19.2 Å². The van der Waals surface area contributed by atoms with Crippen LogP contribution < -0.4 is 0 Å². The largest absolute Gasteiger partial charge is 0.504 e. The summed E-state index contributed by atoms with van der Waals surface area (Å²) in [5.74, 6) is -2.93. The number of carbonyl (C=O) groups is 4. The molecule has 0 radical (unpaired) electrons. The molecule has 0 saturated heterocycles. The van der Waals surface area contributed by atoms with Crippen LogP contribution in [0.25, 0.3) is 22.6 Å². The lowest BCUT2D eigenvalue weighted by Crippen LogP contribution is -2.29. The minimum atomic E-state index is -0.941. The molecule has 4 aliphatic rings. The molecule has 0 unspecified atom stereocenters. The number of fused-ring (bicyclic) bond motifs is 10. The van der Waals surface area contributed by atoms with Gasteiger partial charge in [0.05, 0.1) is 11.1 Å². The predicted molar refractivity (Wildman–Crippen MR) is 198 cm³/mol. The molecular weight excluding hydrogens is 668 g/mol. The number of furan rings is 2. The molecule has 5 aromatic rings. The highest BCUT2D eigenvalue weighted by Gasteiger charge is 2.45. The molecule has 0 atom stereocenters. The van der Waals surface area contributed by atoms with Crippen LogP contribution in [-0.2, 0) is 23.7 Å². The van der Waals surface area contributed by atoms with E-state index in [0.29, 0.717) is 51.8 Å². The van der Waals surface area contributed by atoms with Crippen molar-refractivity contribution in [2.45, 2.75) is 96.8 Å². The zero-order chi connectivity index (χ0) is 37.5. The molecule has 4 aliphatic carbocycles. The zero-order valence-electron chi connectivity index (χ0n) is 30.7. The number of rotatable bonds is 3. The fourth-order valence-corrected chi connectivity index (χ4v) is 9.80. The van der Waals surface area contributed by atoms with Crippen molar-refractivity contribution in [3.8, 4) is 34.1 Å². The molecule has 8 heteroatoms. The highest BCUT2D eigenvalue weighted by molar-refractivity contribution is 6.54. The molecule has 0 aliphatic heterocycles. The van der Waals surface area contributed by atoms with Crippen LogP contribution in [-0.4, -0.2) is 33.3 Å². The van der Waals surface area contributed by atoms with Crippen molar-refractivity contribution >= 4 is 23.1 Å². The van der Waals surface area contributed by atoms with E-state index in [1.807, 2.05) is 24.3 Å². The van der Waals surface area contributed by atoms with Crippen LogP contribution in [0.15, 0.2) is 51.3 Å². The Morgan fingerprint density at radius 1 is 0.585 bits per heavy atom.